The Balaban J connectivity index is 2.43. The van der Waals surface area contributed by atoms with Crippen LogP contribution in [0.2, 0.25) is 0 Å². The summed E-state index contributed by atoms with van der Waals surface area (Å²) in [6, 6.07) is 8.47. The lowest BCUT2D eigenvalue weighted by atomic mass is 10.1. The average Bonchev–Trinajstić information content (AvgIpc) is 2.29. The van der Waals surface area contributed by atoms with Gasteiger partial charge in [-0.1, -0.05) is 18.2 Å². The Hall–Kier alpha value is -1.06. The van der Waals surface area contributed by atoms with Gasteiger partial charge in [-0.3, -0.25) is 0 Å². The van der Waals surface area contributed by atoms with E-state index in [9.17, 15) is 0 Å². The summed E-state index contributed by atoms with van der Waals surface area (Å²) in [7, 11) is 1.70. The van der Waals surface area contributed by atoms with Crippen molar-refractivity contribution in [2.24, 2.45) is 5.73 Å². The van der Waals surface area contributed by atoms with E-state index in [-0.39, 0.29) is 0 Å². The monoisotopic (exact) mass is 208 g/mol. The SMILES string of the molecule is COc1ccccc1CCNC(C)CN. The molecular formula is C12H20N2O. The fourth-order valence-corrected chi connectivity index (χ4v) is 1.45. The summed E-state index contributed by atoms with van der Waals surface area (Å²) >= 11 is 0. The lowest BCUT2D eigenvalue weighted by Crippen LogP contribution is -2.34. The van der Waals surface area contributed by atoms with Gasteiger partial charge in [0.15, 0.2) is 0 Å². The summed E-state index contributed by atoms with van der Waals surface area (Å²) < 4.78 is 5.28. The second-order valence-electron chi connectivity index (χ2n) is 3.65. The van der Waals surface area contributed by atoms with E-state index in [0.717, 1.165) is 18.7 Å². The third-order valence-corrected chi connectivity index (χ3v) is 2.43. The van der Waals surface area contributed by atoms with Crippen LogP contribution in [0, 0.1) is 0 Å². The Morgan fingerprint density at radius 2 is 2.13 bits per heavy atom. The van der Waals surface area contributed by atoms with Crippen molar-refractivity contribution in [1.29, 1.82) is 0 Å². The van der Waals surface area contributed by atoms with Gasteiger partial charge < -0.3 is 15.8 Å². The standard InChI is InChI=1S/C12H20N2O/c1-10(9-13)14-8-7-11-5-3-4-6-12(11)15-2/h3-6,10,14H,7-9,13H2,1-2H3. The van der Waals surface area contributed by atoms with Gasteiger partial charge in [-0.05, 0) is 31.5 Å². The highest BCUT2D eigenvalue weighted by molar-refractivity contribution is 5.33. The van der Waals surface area contributed by atoms with Crippen LogP contribution in [0.15, 0.2) is 24.3 Å². The van der Waals surface area contributed by atoms with Crippen LogP contribution in [0.3, 0.4) is 0 Å². The van der Waals surface area contributed by atoms with Gasteiger partial charge in [0, 0.05) is 12.6 Å². The van der Waals surface area contributed by atoms with Crippen molar-refractivity contribution < 1.29 is 4.74 Å². The first-order valence-corrected chi connectivity index (χ1v) is 5.33. The molecule has 0 saturated carbocycles. The van der Waals surface area contributed by atoms with Crippen LogP contribution in [0.5, 0.6) is 5.75 Å². The summed E-state index contributed by atoms with van der Waals surface area (Å²) in [4.78, 5) is 0. The van der Waals surface area contributed by atoms with Crippen LogP contribution >= 0.6 is 0 Å². The topological polar surface area (TPSA) is 47.3 Å². The lowest BCUT2D eigenvalue weighted by molar-refractivity contribution is 0.408. The Morgan fingerprint density at radius 3 is 2.80 bits per heavy atom. The van der Waals surface area contributed by atoms with Crippen molar-refractivity contribution >= 4 is 0 Å². The molecule has 3 heteroatoms. The predicted molar refractivity (Wildman–Crippen MR) is 63.2 cm³/mol. The predicted octanol–water partition coefficient (Wildman–Crippen LogP) is 1.17. The van der Waals surface area contributed by atoms with Crippen molar-refractivity contribution in [3.8, 4) is 5.75 Å². The minimum Gasteiger partial charge on any atom is -0.496 e. The van der Waals surface area contributed by atoms with E-state index in [1.54, 1.807) is 7.11 Å². The molecule has 3 N–H and O–H groups in total. The fourth-order valence-electron chi connectivity index (χ4n) is 1.45. The molecule has 15 heavy (non-hydrogen) atoms. The number of ether oxygens (including phenoxy) is 1. The molecule has 0 amide bonds. The molecule has 0 heterocycles. The average molecular weight is 208 g/mol. The number of para-hydroxylation sites is 1. The van der Waals surface area contributed by atoms with E-state index in [2.05, 4.69) is 18.3 Å². The summed E-state index contributed by atoms with van der Waals surface area (Å²) in [5.74, 6) is 0.958. The summed E-state index contributed by atoms with van der Waals surface area (Å²) in [6.45, 7) is 3.69. The number of benzene rings is 1. The Bertz CT molecular complexity index is 289. The Morgan fingerprint density at radius 1 is 1.40 bits per heavy atom. The molecule has 1 atom stereocenters. The minimum absolute atomic E-state index is 0.375. The van der Waals surface area contributed by atoms with Gasteiger partial charge in [0.05, 0.1) is 7.11 Å². The van der Waals surface area contributed by atoms with Crippen LogP contribution in [-0.4, -0.2) is 26.2 Å². The minimum atomic E-state index is 0.375. The molecule has 1 aromatic carbocycles. The van der Waals surface area contributed by atoms with Gasteiger partial charge >= 0.3 is 0 Å². The largest absolute Gasteiger partial charge is 0.496 e. The number of nitrogens with one attached hydrogen (secondary N) is 1. The molecule has 0 aliphatic carbocycles. The van der Waals surface area contributed by atoms with E-state index in [4.69, 9.17) is 10.5 Å². The number of methoxy groups -OCH3 is 1. The molecule has 1 rings (SSSR count). The highest BCUT2D eigenvalue weighted by Crippen LogP contribution is 2.17. The first-order chi connectivity index (χ1) is 7.27. The van der Waals surface area contributed by atoms with Gasteiger partial charge in [-0.15, -0.1) is 0 Å². The van der Waals surface area contributed by atoms with E-state index < -0.39 is 0 Å². The molecule has 3 nitrogen and oxygen atoms in total. The summed E-state index contributed by atoms with van der Waals surface area (Å²) in [6.07, 6.45) is 0.967. The third kappa shape index (κ3) is 3.90. The van der Waals surface area contributed by atoms with Gasteiger partial charge in [0.1, 0.15) is 5.75 Å². The van der Waals surface area contributed by atoms with Gasteiger partial charge in [0.25, 0.3) is 0 Å². The van der Waals surface area contributed by atoms with E-state index in [0.29, 0.717) is 12.6 Å². The van der Waals surface area contributed by atoms with Crippen molar-refractivity contribution in [3.63, 3.8) is 0 Å². The highest BCUT2D eigenvalue weighted by atomic mass is 16.5. The first-order valence-electron chi connectivity index (χ1n) is 5.33. The smallest absolute Gasteiger partial charge is 0.122 e. The van der Waals surface area contributed by atoms with Crippen LogP contribution in [-0.2, 0) is 6.42 Å². The van der Waals surface area contributed by atoms with Crippen molar-refractivity contribution in [2.75, 3.05) is 20.2 Å². The van der Waals surface area contributed by atoms with Crippen LogP contribution in [0.1, 0.15) is 12.5 Å². The van der Waals surface area contributed by atoms with E-state index in [1.807, 2.05) is 18.2 Å². The fraction of sp³-hybridized carbons (Fsp3) is 0.500. The van der Waals surface area contributed by atoms with Crippen molar-refractivity contribution in [3.05, 3.63) is 29.8 Å². The zero-order chi connectivity index (χ0) is 11.1. The van der Waals surface area contributed by atoms with Gasteiger partial charge in [-0.25, -0.2) is 0 Å². The molecule has 1 aromatic rings. The maximum Gasteiger partial charge on any atom is 0.122 e. The van der Waals surface area contributed by atoms with Gasteiger partial charge in [-0.2, -0.15) is 0 Å². The molecule has 0 radical (unpaired) electrons. The molecule has 0 aliphatic rings. The normalized spacial score (nSPS) is 12.5. The molecule has 0 aliphatic heterocycles. The number of nitrogens with two attached hydrogens (primary N) is 1. The molecule has 0 bridgehead atoms. The highest BCUT2D eigenvalue weighted by Gasteiger charge is 2.02. The number of hydrogen-bond acceptors (Lipinski definition) is 3. The Labute approximate surface area is 91.6 Å². The molecule has 1 unspecified atom stereocenters. The molecule has 0 spiro atoms. The van der Waals surface area contributed by atoms with E-state index in [1.165, 1.54) is 5.56 Å². The third-order valence-electron chi connectivity index (χ3n) is 2.43. The zero-order valence-electron chi connectivity index (χ0n) is 9.49. The molecule has 0 saturated heterocycles. The van der Waals surface area contributed by atoms with Crippen molar-refractivity contribution in [1.82, 2.24) is 5.32 Å². The maximum atomic E-state index is 5.52. The number of rotatable bonds is 6. The van der Waals surface area contributed by atoms with Crippen molar-refractivity contribution in [2.45, 2.75) is 19.4 Å². The molecular weight excluding hydrogens is 188 g/mol. The van der Waals surface area contributed by atoms with Crippen LogP contribution in [0.4, 0.5) is 0 Å². The summed E-state index contributed by atoms with van der Waals surface area (Å²) in [5.41, 5.74) is 6.75. The van der Waals surface area contributed by atoms with Crippen LogP contribution in [0.25, 0.3) is 0 Å². The van der Waals surface area contributed by atoms with Crippen LogP contribution < -0.4 is 15.8 Å². The van der Waals surface area contributed by atoms with E-state index >= 15 is 0 Å². The number of hydrogen-bond donors (Lipinski definition) is 2. The second-order valence-corrected chi connectivity index (χ2v) is 3.65. The maximum absolute atomic E-state index is 5.52. The zero-order valence-corrected chi connectivity index (χ0v) is 9.49. The molecule has 84 valence electrons. The lowest BCUT2D eigenvalue weighted by Gasteiger charge is -2.12. The Kier molecular flexibility index (Phi) is 5.15. The molecule has 0 fully saturated rings. The molecule has 0 aromatic heterocycles. The second kappa shape index (κ2) is 6.43. The quantitative estimate of drug-likeness (QED) is 0.738. The van der Waals surface area contributed by atoms with Gasteiger partial charge in [0.2, 0.25) is 0 Å². The summed E-state index contributed by atoms with van der Waals surface area (Å²) in [5, 5.41) is 3.35. The first kappa shape index (κ1) is 12.0.